The minimum atomic E-state index is -4.47. The molecule has 0 atom stereocenters. The molecular formula is C24H25F3N2O4. The monoisotopic (exact) mass is 462 g/mol. The Morgan fingerprint density at radius 2 is 1.73 bits per heavy atom. The van der Waals surface area contributed by atoms with Crippen molar-refractivity contribution in [2.24, 2.45) is 0 Å². The number of piperidine rings is 1. The highest BCUT2D eigenvalue weighted by Gasteiger charge is 2.33. The van der Waals surface area contributed by atoms with Gasteiger partial charge >= 0.3 is 12.3 Å². The van der Waals surface area contributed by atoms with Crippen LogP contribution < -0.4 is 14.4 Å². The van der Waals surface area contributed by atoms with Crippen LogP contribution in [0.25, 0.3) is 0 Å². The molecule has 0 aliphatic carbocycles. The van der Waals surface area contributed by atoms with E-state index in [1.807, 2.05) is 6.07 Å². The zero-order chi connectivity index (χ0) is 23.0. The zero-order valence-electron chi connectivity index (χ0n) is 18.1. The van der Waals surface area contributed by atoms with Gasteiger partial charge in [-0.05, 0) is 79.7 Å². The number of hydrogen-bond acceptors (Lipinski definition) is 5. The fourth-order valence-electron chi connectivity index (χ4n) is 4.71. The molecule has 3 heterocycles. The standard InChI is InChI=1S/C24H25F3N2O4/c25-24(26,27)19-11-16(12-20(14-19)29-9-10-31-23(29)30)3-6-28-7-4-17(5-8-28)18-1-2-21-22(13-18)33-15-32-21/h1-2,11-14,17H,3-10,15H2. The Morgan fingerprint density at radius 3 is 2.45 bits per heavy atom. The maximum absolute atomic E-state index is 13.5. The van der Waals surface area contributed by atoms with Gasteiger partial charge in [0.05, 0.1) is 12.1 Å². The van der Waals surface area contributed by atoms with Gasteiger partial charge in [-0.2, -0.15) is 13.2 Å². The number of cyclic esters (lactones) is 1. The van der Waals surface area contributed by atoms with Gasteiger partial charge < -0.3 is 19.1 Å². The Hall–Kier alpha value is -2.94. The summed E-state index contributed by atoms with van der Waals surface area (Å²) in [5.74, 6) is 1.99. The molecule has 0 aromatic heterocycles. The van der Waals surface area contributed by atoms with Crippen LogP contribution in [0.15, 0.2) is 36.4 Å². The quantitative estimate of drug-likeness (QED) is 0.638. The van der Waals surface area contributed by atoms with Crippen molar-refractivity contribution in [1.29, 1.82) is 0 Å². The number of hydrogen-bond donors (Lipinski definition) is 0. The predicted octanol–water partition coefficient (Wildman–Crippen LogP) is 4.81. The molecule has 6 nitrogen and oxygen atoms in total. The average molecular weight is 462 g/mol. The molecule has 3 aliphatic heterocycles. The van der Waals surface area contributed by atoms with Crippen LogP contribution in [0.2, 0.25) is 0 Å². The normalized spacial score (nSPS) is 19.2. The summed E-state index contributed by atoms with van der Waals surface area (Å²) in [4.78, 5) is 15.4. The van der Waals surface area contributed by atoms with Gasteiger partial charge in [-0.15, -0.1) is 0 Å². The lowest BCUT2D eigenvalue weighted by molar-refractivity contribution is -0.137. The lowest BCUT2D eigenvalue weighted by Crippen LogP contribution is -2.34. The first kappa shape index (κ1) is 21.9. The van der Waals surface area contributed by atoms with Gasteiger partial charge in [-0.3, -0.25) is 4.90 Å². The van der Waals surface area contributed by atoms with Crippen LogP contribution in [0.1, 0.15) is 35.4 Å². The van der Waals surface area contributed by atoms with E-state index in [0.717, 1.165) is 43.5 Å². The van der Waals surface area contributed by atoms with Crippen LogP contribution in [0, 0.1) is 0 Å². The van der Waals surface area contributed by atoms with Gasteiger partial charge in [0.25, 0.3) is 0 Å². The molecule has 0 radical (unpaired) electrons. The van der Waals surface area contributed by atoms with Gasteiger partial charge in [0.1, 0.15) is 6.61 Å². The molecule has 3 aliphatic rings. The predicted molar refractivity (Wildman–Crippen MR) is 115 cm³/mol. The Morgan fingerprint density at radius 1 is 0.939 bits per heavy atom. The number of amides is 1. The first-order chi connectivity index (χ1) is 15.9. The second-order valence-corrected chi connectivity index (χ2v) is 8.63. The highest BCUT2D eigenvalue weighted by Crippen LogP contribution is 2.38. The fourth-order valence-corrected chi connectivity index (χ4v) is 4.71. The topological polar surface area (TPSA) is 51.2 Å². The lowest BCUT2D eigenvalue weighted by Gasteiger charge is -2.32. The van der Waals surface area contributed by atoms with E-state index in [0.29, 0.717) is 24.4 Å². The highest BCUT2D eigenvalue weighted by molar-refractivity contribution is 5.89. The Balaban J connectivity index is 1.22. The van der Waals surface area contributed by atoms with E-state index in [9.17, 15) is 18.0 Å². The third kappa shape index (κ3) is 4.73. The van der Waals surface area contributed by atoms with E-state index in [1.165, 1.54) is 16.5 Å². The number of rotatable bonds is 5. The van der Waals surface area contributed by atoms with Gasteiger partial charge in [0, 0.05) is 12.2 Å². The Bertz CT molecular complexity index is 1030. The Kier molecular flexibility index (Phi) is 5.82. The van der Waals surface area contributed by atoms with Crippen molar-refractivity contribution in [3.63, 3.8) is 0 Å². The Labute approximate surface area is 189 Å². The number of benzene rings is 2. The van der Waals surface area contributed by atoms with Crippen molar-refractivity contribution in [2.45, 2.75) is 31.4 Å². The van der Waals surface area contributed by atoms with Crippen LogP contribution in [0.5, 0.6) is 11.5 Å². The second kappa shape index (κ2) is 8.78. The van der Waals surface area contributed by atoms with E-state index < -0.39 is 17.8 Å². The van der Waals surface area contributed by atoms with E-state index in [1.54, 1.807) is 6.07 Å². The summed E-state index contributed by atoms with van der Waals surface area (Å²) >= 11 is 0. The average Bonchev–Trinajstić information content (AvgIpc) is 3.45. The van der Waals surface area contributed by atoms with Crippen molar-refractivity contribution in [1.82, 2.24) is 4.90 Å². The van der Waals surface area contributed by atoms with Crippen LogP contribution in [-0.4, -0.2) is 50.6 Å². The second-order valence-electron chi connectivity index (χ2n) is 8.63. The summed E-state index contributed by atoms with van der Waals surface area (Å²) in [5.41, 5.74) is 1.30. The third-order valence-electron chi connectivity index (χ3n) is 6.55. The number of carbonyl (C=O) groups excluding carboxylic acids is 1. The van der Waals surface area contributed by atoms with E-state index in [4.69, 9.17) is 14.2 Å². The maximum atomic E-state index is 13.5. The van der Waals surface area contributed by atoms with E-state index in [-0.39, 0.29) is 25.6 Å². The van der Waals surface area contributed by atoms with Gasteiger partial charge in [-0.25, -0.2) is 4.79 Å². The molecule has 0 N–H and O–H groups in total. The molecule has 0 spiro atoms. The smallest absolute Gasteiger partial charge is 0.416 e. The first-order valence-electron chi connectivity index (χ1n) is 11.1. The van der Waals surface area contributed by atoms with Crippen molar-refractivity contribution in [3.8, 4) is 11.5 Å². The molecule has 0 saturated carbocycles. The van der Waals surface area contributed by atoms with Gasteiger partial charge in [0.2, 0.25) is 6.79 Å². The molecule has 2 saturated heterocycles. The number of likely N-dealkylation sites (tertiary alicyclic amines) is 1. The van der Waals surface area contributed by atoms with E-state index >= 15 is 0 Å². The van der Waals surface area contributed by atoms with Crippen LogP contribution in [0.4, 0.5) is 23.7 Å². The van der Waals surface area contributed by atoms with Crippen molar-refractivity contribution < 1.29 is 32.2 Å². The first-order valence-corrected chi connectivity index (χ1v) is 11.1. The molecule has 5 rings (SSSR count). The van der Waals surface area contributed by atoms with Crippen LogP contribution in [-0.2, 0) is 17.3 Å². The molecule has 1 amide bonds. The molecule has 9 heteroatoms. The maximum Gasteiger partial charge on any atom is 0.416 e. The number of anilines is 1. The summed E-state index contributed by atoms with van der Waals surface area (Å²) in [5, 5.41) is 0. The number of carbonyl (C=O) groups is 1. The summed E-state index contributed by atoms with van der Waals surface area (Å²) in [6.45, 7) is 3.12. The van der Waals surface area contributed by atoms with Crippen molar-refractivity contribution in [2.75, 3.05) is 44.5 Å². The molecule has 33 heavy (non-hydrogen) atoms. The summed E-state index contributed by atoms with van der Waals surface area (Å²) in [6.07, 6.45) is -2.64. The number of fused-ring (bicyclic) bond motifs is 1. The number of alkyl halides is 3. The largest absolute Gasteiger partial charge is 0.454 e. The highest BCUT2D eigenvalue weighted by atomic mass is 19.4. The molecule has 2 fully saturated rings. The van der Waals surface area contributed by atoms with Gasteiger partial charge in [-0.1, -0.05) is 6.07 Å². The zero-order valence-corrected chi connectivity index (χ0v) is 18.1. The van der Waals surface area contributed by atoms with E-state index in [2.05, 4.69) is 17.0 Å². The van der Waals surface area contributed by atoms with Crippen LogP contribution in [0.3, 0.4) is 0 Å². The number of halogens is 3. The summed E-state index contributed by atoms with van der Waals surface area (Å²) < 4.78 is 56.1. The molecule has 176 valence electrons. The number of nitrogens with zero attached hydrogens (tertiary/aromatic N) is 2. The number of ether oxygens (including phenoxy) is 3. The third-order valence-corrected chi connectivity index (χ3v) is 6.55. The molecule has 2 aromatic carbocycles. The fraction of sp³-hybridized carbons (Fsp3) is 0.458. The molecule has 2 aromatic rings. The van der Waals surface area contributed by atoms with Crippen LogP contribution >= 0.6 is 0 Å². The summed E-state index contributed by atoms with van der Waals surface area (Å²) in [6, 6.07) is 9.96. The minimum absolute atomic E-state index is 0.183. The van der Waals surface area contributed by atoms with Crippen molar-refractivity contribution >= 4 is 11.8 Å². The molecule has 0 bridgehead atoms. The summed E-state index contributed by atoms with van der Waals surface area (Å²) in [7, 11) is 0. The minimum Gasteiger partial charge on any atom is -0.454 e. The molecule has 0 unspecified atom stereocenters. The van der Waals surface area contributed by atoms with Gasteiger partial charge in [0.15, 0.2) is 11.5 Å². The van der Waals surface area contributed by atoms with Crippen molar-refractivity contribution in [3.05, 3.63) is 53.1 Å². The molecular weight excluding hydrogens is 437 g/mol. The SMILES string of the molecule is O=C1OCCN1c1cc(CCN2CCC(c3ccc4c(c3)OCO4)CC2)cc(C(F)(F)F)c1. The lowest BCUT2D eigenvalue weighted by atomic mass is 9.89.